The van der Waals surface area contributed by atoms with Crippen LogP contribution in [0.2, 0.25) is 0 Å². The second-order valence-electron chi connectivity index (χ2n) is 6.46. The molecule has 0 radical (unpaired) electrons. The van der Waals surface area contributed by atoms with Crippen LogP contribution in [-0.2, 0) is 16.0 Å². The second-order valence-corrected chi connectivity index (χ2v) is 7.45. The fraction of sp³-hybridized carbons (Fsp3) is 0.190. The molecule has 2 aromatic carbocycles. The van der Waals surface area contributed by atoms with Gasteiger partial charge in [-0.1, -0.05) is 36.4 Å². The standard InChI is InChI=1S/C21H18N2O5S/c24-19(12-14-4-2-1-3-5-14)22-8-9-23-20(25)18(29-21(23)26)11-15-6-7-16-17(10-15)28-13-27-16/h1-7,10-11H,8-9,12-13H2,(H,22,24)/b18-11-. The molecule has 1 saturated heterocycles. The van der Waals surface area contributed by atoms with Gasteiger partial charge in [-0.2, -0.15) is 0 Å². The summed E-state index contributed by atoms with van der Waals surface area (Å²) in [6, 6.07) is 14.7. The van der Waals surface area contributed by atoms with E-state index in [0.29, 0.717) is 16.4 Å². The Morgan fingerprint density at radius 1 is 1.10 bits per heavy atom. The molecule has 0 aromatic heterocycles. The van der Waals surface area contributed by atoms with Gasteiger partial charge in [0.15, 0.2) is 11.5 Å². The molecule has 0 spiro atoms. The first-order chi connectivity index (χ1) is 14.1. The van der Waals surface area contributed by atoms with Gasteiger partial charge in [-0.05, 0) is 41.1 Å². The maximum Gasteiger partial charge on any atom is 0.293 e. The molecule has 0 aliphatic carbocycles. The number of nitrogens with one attached hydrogen (secondary N) is 1. The highest BCUT2D eigenvalue weighted by Gasteiger charge is 2.34. The molecule has 3 amide bonds. The maximum absolute atomic E-state index is 12.6. The molecular formula is C21H18N2O5S. The van der Waals surface area contributed by atoms with Crippen molar-refractivity contribution in [3.63, 3.8) is 0 Å². The Kier molecular flexibility index (Phi) is 5.53. The van der Waals surface area contributed by atoms with E-state index in [0.717, 1.165) is 27.8 Å². The molecule has 29 heavy (non-hydrogen) atoms. The van der Waals surface area contributed by atoms with Crippen molar-refractivity contribution in [2.24, 2.45) is 0 Å². The number of rotatable bonds is 6. The van der Waals surface area contributed by atoms with E-state index in [2.05, 4.69) is 5.32 Å². The fourth-order valence-electron chi connectivity index (χ4n) is 3.00. The van der Waals surface area contributed by atoms with Gasteiger partial charge in [-0.25, -0.2) is 0 Å². The number of fused-ring (bicyclic) bond motifs is 1. The van der Waals surface area contributed by atoms with E-state index in [1.165, 1.54) is 0 Å². The van der Waals surface area contributed by atoms with Crippen molar-refractivity contribution in [2.45, 2.75) is 6.42 Å². The van der Waals surface area contributed by atoms with Crippen LogP contribution in [0, 0.1) is 0 Å². The Morgan fingerprint density at radius 2 is 1.90 bits per heavy atom. The van der Waals surface area contributed by atoms with Crippen LogP contribution < -0.4 is 14.8 Å². The van der Waals surface area contributed by atoms with Gasteiger partial charge >= 0.3 is 0 Å². The van der Waals surface area contributed by atoms with Crippen molar-refractivity contribution >= 4 is 34.9 Å². The van der Waals surface area contributed by atoms with Gasteiger partial charge in [-0.15, -0.1) is 0 Å². The van der Waals surface area contributed by atoms with Crippen LogP contribution in [0.25, 0.3) is 6.08 Å². The van der Waals surface area contributed by atoms with E-state index < -0.39 is 0 Å². The molecule has 8 heteroatoms. The first-order valence-corrected chi connectivity index (χ1v) is 9.87. The molecule has 7 nitrogen and oxygen atoms in total. The van der Waals surface area contributed by atoms with Crippen molar-refractivity contribution < 1.29 is 23.9 Å². The predicted molar refractivity (Wildman–Crippen MR) is 108 cm³/mol. The number of hydrogen-bond donors (Lipinski definition) is 1. The van der Waals surface area contributed by atoms with Crippen LogP contribution in [0.4, 0.5) is 4.79 Å². The minimum atomic E-state index is -0.366. The van der Waals surface area contributed by atoms with Crippen LogP contribution in [0.1, 0.15) is 11.1 Å². The molecule has 0 atom stereocenters. The summed E-state index contributed by atoms with van der Waals surface area (Å²) in [6.45, 7) is 0.510. The van der Waals surface area contributed by atoms with Gasteiger partial charge in [0.2, 0.25) is 12.7 Å². The van der Waals surface area contributed by atoms with Gasteiger partial charge in [-0.3, -0.25) is 19.3 Å². The molecule has 148 valence electrons. The third kappa shape index (κ3) is 4.43. The summed E-state index contributed by atoms with van der Waals surface area (Å²) in [7, 11) is 0. The first-order valence-electron chi connectivity index (χ1n) is 9.06. The Hall–Kier alpha value is -3.26. The minimum absolute atomic E-state index is 0.129. The number of thioether (sulfide) groups is 1. The summed E-state index contributed by atoms with van der Waals surface area (Å²) in [5, 5.41) is 2.40. The number of hydrogen-bond acceptors (Lipinski definition) is 6. The van der Waals surface area contributed by atoms with Crippen LogP contribution >= 0.6 is 11.8 Å². The lowest BCUT2D eigenvalue weighted by molar-refractivity contribution is -0.124. The van der Waals surface area contributed by atoms with Crippen LogP contribution in [-0.4, -0.2) is 41.8 Å². The third-order valence-corrected chi connectivity index (χ3v) is 5.34. The van der Waals surface area contributed by atoms with Gasteiger partial charge in [0, 0.05) is 13.1 Å². The molecule has 2 aliphatic heterocycles. The molecule has 1 fully saturated rings. The number of imide groups is 1. The van der Waals surface area contributed by atoms with Gasteiger partial charge < -0.3 is 14.8 Å². The second kappa shape index (κ2) is 8.40. The van der Waals surface area contributed by atoms with Crippen LogP contribution in [0.5, 0.6) is 11.5 Å². The van der Waals surface area contributed by atoms with E-state index in [9.17, 15) is 14.4 Å². The number of carbonyl (C=O) groups is 3. The molecular weight excluding hydrogens is 392 g/mol. The van der Waals surface area contributed by atoms with Gasteiger partial charge in [0.25, 0.3) is 11.1 Å². The Balaban J connectivity index is 1.33. The largest absolute Gasteiger partial charge is 0.454 e. The van der Waals surface area contributed by atoms with Crippen LogP contribution in [0.15, 0.2) is 53.4 Å². The lowest BCUT2D eigenvalue weighted by Crippen LogP contribution is -2.37. The van der Waals surface area contributed by atoms with E-state index >= 15 is 0 Å². The Bertz CT molecular complexity index is 990. The Labute approximate surface area is 171 Å². The SMILES string of the molecule is O=C(Cc1ccccc1)NCCN1C(=O)S/C(=C\c2ccc3c(c2)OCO3)C1=O. The Morgan fingerprint density at radius 3 is 2.72 bits per heavy atom. The summed E-state index contributed by atoms with van der Waals surface area (Å²) in [4.78, 5) is 38.3. The van der Waals surface area contributed by atoms with Gasteiger partial charge in [0.05, 0.1) is 11.3 Å². The van der Waals surface area contributed by atoms with Crippen molar-refractivity contribution in [1.82, 2.24) is 10.2 Å². The van der Waals surface area contributed by atoms with Gasteiger partial charge in [0.1, 0.15) is 0 Å². The van der Waals surface area contributed by atoms with E-state index in [1.807, 2.05) is 30.3 Å². The topological polar surface area (TPSA) is 84.9 Å². The highest BCUT2D eigenvalue weighted by atomic mass is 32.2. The zero-order chi connectivity index (χ0) is 20.2. The monoisotopic (exact) mass is 410 g/mol. The van der Waals surface area contributed by atoms with E-state index in [4.69, 9.17) is 9.47 Å². The summed E-state index contributed by atoms with van der Waals surface area (Å²) in [5.41, 5.74) is 1.65. The van der Waals surface area contributed by atoms with Crippen LogP contribution in [0.3, 0.4) is 0 Å². The average molecular weight is 410 g/mol. The lowest BCUT2D eigenvalue weighted by Gasteiger charge is -2.13. The molecule has 1 N–H and O–H groups in total. The molecule has 0 bridgehead atoms. The number of benzene rings is 2. The minimum Gasteiger partial charge on any atom is -0.454 e. The van der Waals surface area contributed by atoms with Crippen molar-refractivity contribution in [3.05, 3.63) is 64.6 Å². The fourth-order valence-corrected chi connectivity index (χ4v) is 3.86. The number of nitrogens with zero attached hydrogens (tertiary/aromatic N) is 1. The molecule has 0 saturated carbocycles. The zero-order valence-corrected chi connectivity index (χ0v) is 16.2. The number of amides is 3. The summed E-state index contributed by atoms with van der Waals surface area (Å²) in [5.74, 6) is 0.745. The normalized spacial score (nSPS) is 16.6. The lowest BCUT2D eigenvalue weighted by atomic mass is 10.1. The molecule has 0 unspecified atom stereocenters. The summed E-state index contributed by atoms with van der Waals surface area (Å²) < 4.78 is 10.6. The molecule has 2 heterocycles. The smallest absolute Gasteiger partial charge is 0.293 e. The molecule has 2 aromatic rings. The molecule has 2 aliphatic rings. The average Bonchev–Trinajstić information content (AvgIpc) is 3.28. The molecule has 4 rings (SSSR count). The number of ether oxygens (including phenoxy) is 2. The first kappa shape index (κ1) is 19.1. The highest BCUT2D eigenvalue weighted by Crippen LogP contribution is 2.36. The van der Waals surface area contributed by atoms with E-state index in [-0.39, 0.29) is 43.4 Å². The summed E-state index contributed by atoms with van der Waals surface area (Å²) >= 11 is 0.885. The summed E-state index contributed by atoms with van der Waals surface area (Å²) in [6.07, 6.45) is 1.91. The predicted octanol–water partition coefficient (Wildman–Crippen LogP) is 2.81. The third-order valence-electron chi connectivity index (χ3n) is 4.43. The highest BCUT2D eigenvalue weighted by molar-refractivity contribution is 8.18. The maximum atomic E-state index is 12.6. The van der Waals surface area contributed by atoms with Crippen molar-refractivity contribution in [1.29, 1.82) is 0 Å². The van der Waals surface area contributed by atoms with Crippen molar-refractivity contribution in [2.75, 3.05) is 19.9 Å². The van der Waals surface area contributed by atoms with E-state index in [1.54, 1.807) is 24.3 Å². The zero-order valence-electron chi connectivity index (χ0n) is 15.4. The number of carbonyl (C=O) groups excluding carboxylic acids is 3. The van der Waals surface area contributed by atoms with Crippen molar-refractivity contribution in [3.8, 4) is 11.5 Å². The quantitative estimate of drug-likeness (QED) is 0.738.